The molecule has 1 unspecified atom stereocenters. The third-order valence-corrected chi connectivity index (χ3v) is 6.68. The number of rotatable bonds is 14. The molecular weight excluding hydrogens is 550 g/mol. The molecule has 0 saturated heterocycles. The van der Waals surface area contributed by atoms with Crippen LogP contribution in [-0.4, -0.2) is 41.8 Å². The zero-order valence-corrected chi connectivity index (χ0v) is 24.8. The summed E-state index contributed by atoms with van der Waals surface area (Å²) < 4.78 is 22.4. The van der Waals surface area contributed by atoms with E-state index in [2.05, 4.69) is 10.3 Å². The van der Waals surface area contributed by atoms with E-state index in [0.717, 1.165) is 28.4 Å². The summed E-state index contributed by atoms with van der Waals surface area (Å²) in [7, 11) is 1.64. The number of methoxy groups -OCH3 is 1. The van der Waals surface area contributed by atoms with Crippen LogP contribution in [0.5, 0.6) is 11.5 Å². The fourth-order valence-electron chi connectivity index (χ4n) is 4.44. The molecule has 1 atom stereocenters. The van der Waals surface area contributed by atoms with E-state index in [1.807, 2.05) is 55.5 Å². The summed E-state index contributed by atoms with van der Waals surface area (Å²) in [5.41, 5.74) is 10.8. The molecule has 0 aliphatic carbocycles. The van der Waals surface area contributed by atoms with Crippen molar-refractivity contribution < 1.29 is 33.3 Å². The number of benzene rings is 3. The van der Waals surface area contributed by atoms with E-state index in [1.165, 1.54) is 0 Å². The number of esters is 1. The van der Waals surface area contributed by atoms with Crippen LogP contribution in [0.3, 0.4) is 0 Å². The van der Waals surface area contributed by atoms with Crippen LogP contribution in [0.4, 0.5) is 11.4 Å². The van der Waals surface area contributed by atoms with Gasteiger partial charge in [0.25, 0.3) is 0 Å². The fourth-order valence-corrected chi connectivity index (χ4v) is 4.44. The molecule has 0 aliphatic heterocycles. The monoisotopic (exact) mass is 587 g/mol. The van der Waals surface area contributed by atoms with Gasteiger partial charge >= 0.3 is 11.9 Å². The molecular formula is C33H37N3O7. The highest BCUT2D eigenvalue weighted by atomic mass is 16.5. The first-order valence-corrected chi connectivity index (χ1v) is 14.0. The van der Waals surface area contributed by atoms with Gasteiger partial charge in [0.2, 0.25) is 5.89 Å². The predicted molar refractivity (Wildman–Crippen MR) is 163 cm³/mol. The Morgan fingerprint density at radius 1 is 0.977 bits per heavy atom. The second kappa shape index (κ2) is 14.4. The Balaban J connectivity index is 1.39. The third-order valence-electron chi connectivity index (χ3n) is 6.68. The van der Waals surface area contributed by atoms with Crippen LogP contribution in [0.1, 0.15) is 48.9 Å². The number of carbonyl (C=O) groups excluding carboxylic acids is 1. The summed E-state index contributed by atoms with van der Waals surface area (Å²) in [4.78, 5) is 28.3. The Morgan fingerprint density at radius 2 is 1.63 bits per heavy atom. The van der Waals surface area contributed by atoms with Gasteiger partial charge in [0.15, 0.2) is 0 Å². The van der Waals surface area contributed by atoms with E-state index in [-0.39, 0.29) is 18.9 Å². The Kier molecular flexibility index (Phi) is 10.4. The van der Waals surface area contributed by atoms with Gasteiger partial charge in [-0.3, -0.25) is 4.79 Å². The van der Waals surface area contributed by atoms with Crippen molar-refractivity contribution in [3.63, 3.8) is 0 Å². The minimum atomic E-state index is -1.06. The third kappa shape index (κ3) is 8.59. The summed E-state index contributed by atoms with van der Waals surface area (Å²) in [6, 6.07) is 19.6. The lowest BCUT2D eigenvalue weighted by molar-refractivity contribution is -0.149. The Morgan fingerprint density at radius 3 is 2.26 bits per heavy atom. The average Bonchev–Trinajstić information content (AvgIpc) is 3.36. The van der Waals surface area contributed by atoms with Crippen LogP contribution < -0.4 is 20.5 Å². The lowest BCUT2D eigenvalue weighted by Gasteiger charge is -2.18. The zero-order valence-electron chi connectivity index (χ0n) is 24.8. The van der Waals surface area contributed by atoms with Gasteiger partial charge in [0, 0.05) is 29.8 Å². The summed E-state index contributed by atoms with van der Waals surface area (Å²) in [6.07, 6.45) is 0.302. The molecule has 0 aliphatic rings. The Hall–Kier alpha value is -4.83. The van der Waals surface area contributed by atoms with Gasteiger partial charge in [-0.05, 0) is 99.0 Å². The van der Waals surface area contributed by atoms with E-state index in [4.69, 9.17) is 29.5 Å². The highest BCUT2D eigenvalue weighted by Gasteiger charge is 2.23. The Labute approximate surface area is 250 Å². The number of hydrogen-bond acceptors (Lipinski definition) is 9. The molecule has 43 heavy (non-hydrogen) atoms. The summed E-state index contributed by atoms with van der Waals surface area (Å²) in [6.45, 7) is 5.64. The zero-order chi connectivity index (χ0) is 30.9. The number of aryl methyl sites for hydroxylation is 2. The van der Waals surface area contributed by atoms with Crippen molar-refractivity contribution in [1.82, 2.24) is 4.98 Å². The number of hydrogen-bond donors (Lipinski definition) is 3. The van der Waals surface area contributed by atoms with Crippen LogP contribution >= 0.6 is 0 Å². The average molecular weight is 588 g/mol. The molecule has 1 heterocycles. The number of carbonyl (C=O) groups is 2. The van der Waals surface area contributed by atoms with Gasteiger partial charge in [-0.2, -0.15) is 0 Å². The molecule has 0 fully saturated rings. The van der Waals surface area contributed by atoms with Crippen molar-refractivity contribution in [3.8, 4) is 23.0 Å². The molecule has 10 heteroatoms. The number of nitrogens with two attached hydrogens (primary N) is 1. The van der Waals surface area contributed by atoms with Crippen LogP contribution in [0.2, 0.25) is 0 Å². The van der Waals surface area contributed by atoms with Crippen molar-refractivity contribution in [3.05, 3.63) is 89.3 Å². The first-order chi connectivity index (χ1) is 20.6. The SMILES string of the molecule is COc1ccc(Nc2ccc(-c3nc(CCOc4ccc(CCC(=O)O)c(C(N)C(=O)OC(C)C)c4)c(C)o3)cc2)cc1. The molecule has 0 bridgehead atoms. The maximum atomic E-state index is 12.5. The summed E-state index contributed by atoms with van der Waals surface area (Å²) in [5, 5.41) is 12.5. The first kappa shape index (κ1) is 31.1. The van der Waals surface area contributed by atoms with E-state index in [9.17, 15) is 9.59 Å². The van der Waals surface area contributed by atoms with Gasteiger partial charge in [-0.25, -0.2) is 9.78 Å². The standard InChI is InChI=1S/C33H37N3O7/c1-20(2)42-33(39)31(34)28-19-27(13-7-22(28)8-16-30(37)38)41-18-17-29-21(3)43-32(36-29)23-5-9-24(10-6-23)35-25-11-14-26(40-4)15-12-25/h5-7,9-15,19-20,31,35H,8,16-18,34H2,1-4H3,(H,37,38). The van der Waals surface area contributed by atoms with Crippen LogP contribution in [0.15, 0.2) is 71.1 Å². The normalized spacial score (nSPS) is 11.7. The predicted octanol–water partition coefficient (Wildman–Crippen LogP) is 5.99. The molecule has 4 N–H and O–H groups in total. The number of nitrogens with zero attached hydrogens (tertiary/aromatic N) is 1. The molecule has 3 aromatic carbocycles. The number of anilines is 2. The smallest absolute Gasteiger partial charge is 0.327 e. The van der Waals surface area contributed by atoms with Crippen molar-refractivity contribution in [1.29, 1.82) is 0 Å². The van der Waals surface area contributed by atoms with Crippen molar-refractivity contribution in [2.24, 2.45) is 5.73 Å². The number of oxazole rings is 1. The van der Waals surface area contributed by atoms with Gasteiger partial charge in [0.1, 0.15) is 23.3 Å². The maximum absolute atomic E-state index is 12.5. The second-order valence-corrected chi connectivity index (χ2v) is 10.3. The van der Waals surface area contributed by atoms with Crippen LogP contribution in [-0.2, 0) is 27.2 Å². The molecule has 0 spiro atoms. The lowest BCUT2D eigenvalue weighted by Crippen LogP contribution is -2.27. The quantitative estimate of drug-likeness (QED) is 0.150. The van der Waals surface area contributed by atoms with E-state index < -0.39 is 18.0 Å². The van der Waals surface area contributed by atoms with Crippen molar-refractivity contribution in [2.45, 2.75) is 52.2 Å². The van der Waals surface area contributed by atoms with Gasteiger partial charge < -0.3 is 34.8 Å². The van der Waals surface area contributed by atoms with Crippen molar-refractivity contribution in [2.75, 3.05) is 19.0 Å². The van der Waals surface area contributed by atoms with Gasteiger partial charge in [-0.15, -0.1) is 0 Å². The van der Waals surface area contributed by atoms with Crippen LogP contribution in [0, 0.1) is 6.92 Å². The molecule has 4 rings (SSSR count). The number of aliphatic carboxylic acids is 1. The number of carboxylic acid groups (broad SMARTS) is 1. The highest BCUT2D eigenvalue weighted by Crippen LogP contribution is 2.28. The fraction of sp³-hybridized carbons (Fsp3) is 0.303. The Bertz CT molecular complexity index is 1530. The largest absolute Gasteiger partial charge is 0.497 e. The summed E-state index contributed by atoms with van der Waals surface area (Å²) in [5.74, 6) is 0.991. The molecule has 0 saturated carbocycles. The highest BCUT2D eigenvalue weighted by molar-refractivity contribution is 5.78. The molecule has 226 valence electrons. The molecule has 10 nitrogen and oxygen atoms in total. The first-order valence-electron chi connectivity index (χ1n) is 14.0. The molecule has 1 aromatic heterocycles. The number of carboxylic acids is 1. The minimum Gasteiger partial charge on any atom is -0.497 e. The van der Waals surface area contributed by atoms with E-state index in [1.54, 1.807) is 39.2 Å². The summed E-state index contributed by atoms with van der Waals surface area (Å²) >= 11 is 0. The second-order valence-electron chi connectivity index (χ2n) is 10.3. The molecule has 0 amide bonds. The van der Waals surface area contributed by atoms with E-state index >= 15 is 0 Å². The van der Waals surface area contributed by atoms with Crippen LogP contribution in [0.25, 0.3) is 11.5 Å². The van der Waals surface area contributed by atoms with Gasteiger partial charge in [0.05, 0.1) is 25.5 Å². The topological polar surface area (TPSA) is 146 Å². The van der Waals surface area contributed by atoms with Gasteiger partial charge in [-0.1, -0.05) is 6.07 Å². The molecule has 0 radical (unpaired) electrons. The van der Waals surface area contributed by atoms with Crippen molar-refractivity contribution >= 4 is 23.3 Å². The number of nitrogens with one attached hydrogen (secondary N) is 1. The number of ether oxygens (including phenoxy) is 3. The van der Waals surface area contributed by atoms with E-state index in [0.29, 0.717) is 41.6 Å². The number of aromatic nitrogens is 1. The minimum absolute atomic E-state index is 0.0885. The lowest BCUT2D eigenvalue weighted by atomic mass is 9.97. The molecule has 4 aromatic rings. The maximum Gasteiger partial charge on any atom is 0.327 e.